The molecule has 1 rings (SSSR count). The lowest BCUT2D eigenvalue weighted by atomic mass is 10.2. The van der Waals surface area contributed by atoms with Crippen molar-refractivity contribution in [2.24, 2.45) is 10.7 Å². The molecule has 0 aromatic heterocycles. The molecule has 5 nitrogen and oxygen atoms in total. The normalized spacial score (nSPS) is 11.4. The molecule has 0 saturated heterocycles. The summed E-state index contributed by atoms with van der Waals surface area (Å²) in [6.45, 7) is 0. The minimum absolute atomic E-state index is 0.0107. The molecule has 80 valence electrons. The third kappa shape index (κ3) is 2.85. The van der Waals surface area contributed by atoms with Gasteiger partial charge in [0.15, 0.2) is 0 Å². The van der Waals surface area contributed by atoms with Crippen molar-refractivity contribution in [1.82, 2.24) is 0 Å². The van der Waals surface area contributed by atoms with E-state index in [9.17, 15) is 9.90 Å². The Bertz CT molecular complexity index is 418. The largest absolute Gasteiger partial charge is 0.506 e. The van der Waals surface area contributed by atoms with E-state index in [1.807, 2.05) is 0 Å². The topological polar surface area (TPSA) is 95.9 Å². The van der Waals surface area contributed by atoms with Crippen molar-refractivity contribution in [3.8, 4) is 5.75 Å². The summed E-state index contributed by atoms with van der Waals surface area (Å²) in [5.74, 6) is -1.13. The number of nitrogens with two attached hydrogens (primary N) is 1. The Morgan fingerprint density at radius 2 is 2.20 bits per heavy atom. The van der Waals surface area contributed by atoms with Gasteiger partial charge in [-0.15, -0.1) is 11.6 Å². The molecule has 0 aliphatic rings. The molecule has 6 heteroatoms. The van der Waals surface area contributed by atoms with Crippen LogP contribution < -0.4 is 5.73 Å². The van der Waals surface area contributed by atoms with Crippen LogP contribution in [0, 0.1) is 0 Å². The zero-order valence-corrected chi connectivity index (χ0v) is 8.40. The Morgan fingerprint density at radius 1 is 1.53 bits per heavy atom. The van der Waals surface area contributed by atoms with Crippen molar-refractivity contribution in [3.05, 3.63) is 23.8 Å². The number of rotatable bonds is 3. The zero-order chi connectivity index (χ0) is 11.4. The molecular formula is C9H9ClN2O3. The lowest BCUT2D eigenvalue weighted by Crippen LogP contribution is -2.12. The first-order valence-electron chi connectivity index (χ1n) is 4.00. The van der Waals surface area contributed by atoms with Gasteiger partial charge < -0.3 is 15.9 Å². The first kappa shape index (κ1) is 11.3. The first-order valence-corrected chi connectivity index (χ1v) is 4.53. The third-order valence-electron chi connectivity index (χ3n) is 1.62. The fourth-order valence-electron chi connectivity index (χ4n) is 0.931. The number of halogens is 1. The van der Waals surface area contributed by atoms with Crippen molar-refractivity contribution in [1.29, 1.82) is 0 Å². The van der Waals surface area contributed by atoms with Gasteiger partial charge >= 0.3 is 5.97 Å². The van der Waals surface area contributed by atoms with E-state index in [2.05, 4.69) is 4.99 Å². The summed E-state index contributed by atoms with van der Waals surface area (Å²) in [4.78, 5) is 14.4. The lowest BCUT2D eigenvalue weighted by Gasteiger charge is -2.01. The van der Waals surface area contributed by atoms with Crippen LogP contribution in [0.1, 0.15) is 10.4 Å². The number of amidine groups is 1. The average molecular weight is 229 g/mol. The second-order valence-corrected chi connectivity index (χ2v) is 3.01. The predicted molar refractivity (Wildman–Crippen MR) is 57.1 cm³/mol. The van der Waals surface area contributed by atoms with Crippen LogP contribution in [0.5, 0.6) is 5.75 Å². The Balaban J connectivity index is 3.17. The molecule has 0 spiro atoms. The molecular weight excluding hydrogens is 220 g/mol. The summed E-state index contributed by atoms with van der Waals surface area (Å²) < 4.78 is 0. The van der Waals surface area contributed by atoms with Crippen molar-refractivity contribution in [2.45, 2.75) is 0 Å². The van der Waals surface area contributed by atoms with Gasteiger partial charge in [0.05, 0.1) is 11.4 Å². The second-order valence-electron chi connectivity index (χ2n) is 2.75. The van der Waals surface area contributed by atoms with Crippen molar-refractivity contribution < 1.29 is 15.0 Å². The number of alkyl halides is 1. The number of phenols is 1. The zero-order valence-electron chi connectivity index (χ0n) is 7.64. The standard InChI is InChI=1S/C9H9ClN2O3/c10-4-8(11)12-6-3-5(9(14)15)1-2-7(6)13/h1-3,13H,4H2,(H2,11,12)(H,14,15). The molecule has 0 fully saturated rings. The number of aromatic carboxylic acids is 1. The number of nitrogens with zero attached hydrogens (tertiary/aromatic N) is 1. The van der Waals surface area contributed by atoms with Crippen LogP contribution in [0.4, 0.5) is 5.69 Å². The molecule has 15 heavy (non-hydrogen) atoms. The maximum atomic E-state index is 10.6. The molecule has 0 bridgehead atoms. The van der Waals surface area contributed by atoms with Gasteiger partial charge in [0.1, 0.15) is 17.3 Å². The van der Waals surface area contributed by atoms with Gasteiger partial charge in [0.2, 0.25) is 0 Å². The Kier molecular flexibility index (Phi) is 3.51. The number of phenolic OH excluding ortho intramolecular Hbond substituents is 1. The van der Waals surface area contributed by atoms with E-state index in [-0.39, 0.29) is 28.7 Å². The lowest BCUT2D eigenvalue weighted by molar-refractivity contribution is 0.0697. The van der Waals surface area contributed by atoms with Gasteiger partial charge in [0, 0.05) is 0 Å². The average Bonchev–Trinajstić information content (AvgIpc) is 2.20. The van der Waals surface area contributed by atoms with E-state index in [4.69, 9.17) is 22.4 Å². The predicted octanol–water partition coefficient (Wildman–Crippen LogP) is 1.32. The van der Waals surface area contributed by atoms with Crippen LogP contribution in [0.15, 0.2) is 23.2 Å². The summed E-state index contributed by atoms with van der Waals surface area (Å²) in [5.41, 5.74) is 5.47. The summed E-state index contributed by atoms with van der Waals surface area (Å²) in [7, 11) is 0. The Labute approximate surface area is 90.8 Å². The Morgan fingerprint density at radius 3 is 2.73 bits per heavy atom. The van der Waals surface area contributed by atoms with Gasteiger partial charge in [0.25, 0.3) is 0 Å². The molecule has 0 saturated carbocycles. The van der Waals surface area contributed by atoms with Gasteiger partial charge in [-0.05, 0) is 18.2 Å². The number of aromatic hydroxyl groups is 1. The molecule has 0 aliphatic heterocycles. The molecule has 0 heterocycles. The molecule has 1 aromatic carbocycles. The summed E-state index contributed by atoms with van der Waals surface area (Å²) in [6, 6.07) is 3.73. The van der Waals surface area contributed by atoms with Gasteiger partial charge in [-0.3, -0.25) is 0 Å². The Hall–Kier alpha value is -1.75. The first-order chi connectivity index (χ1) is 7.04. The van der Waals surface area contributed by atoms with Crippen LogP contribution in [0.2, 0.25) is 0 Å². The highest BCUT2D eigenvalue weighted by Gasteiger charge is 2.07. The van der Waals surface area contributed by atoms with E-state index in [1.165, 1.54) is 18.2 Å². The van der Waals surface area contributed by atoms with E-state index in [1.54, 1.807) is 0 Å². The molecule has 4 N–H and O–H groups in total. The molecule has 0 radical (unpaired) electrons. The molecule has 0 atom stereocenters. The minimum atomic E-state index is -1.10. The maximum absolute atomic E-state index is 10.6. The fourth-order valence-corrected chi connectivity index (χ4v) is 0.990. The van der Waals surface area contributed by atoms with Crippen molar-refractivity contribution in [3.63, 3.8) is 0 Å². The van der Waals surface area contributed by atoms with Crippen molar-refractivity contribution in [2.75, 3.05) is 5.88 Å². The van der Waals surface area contributed by atoms with Gasteiger partial charge in [-0.25, -0.2) is 9.79 Å². The van der Waals surface area contributed by atoms with Crippen LogP contribution in [-0.4, -0.2) is 27.9 Å². The maximum Gasteiger partial charge on any atom is 0.335 e. The van der Waals surface area contributed by atoms with Crippen LogP contribution in [0.3, 0.4) is 0 Å². The number of hydrogen-bond donors (Lipinski definition) is 3. The molecule has 0 aliphatic carbocycles. The summed E-state index contributed by atoms with van der Waals surface area (Å²) in [5, 5.41) is 18.1. The number of carboxylic acid groups (broad SMARTS) is 1. The number of carboxylic acids is 1. The highest BCUT2D eigenvalue weighted by Crippen LogP contribution is 2.27. The van der Waals surface area contributed by atoms with Crippen LogP contribution in [-0.2, 0) is 0 Å². The highest BCUT2D eigenvalue weighted by atomic mass is 35.5. The molecule has 0 unspecified atom stereocenters. The SMILES string of the molecule is NC(CCl)=Nc1cc(C(=O)O)ccc1O. The molecule has 1 aromatic rings. The van der Waals surface area contributed by atoms with Crippen molar-refractivity contribution >= 4 is 29.1 Å². The number of carbonyl (C=O) groups is 1. The van der Waals surface area contributed by atoms with Crippen LogP contribution in [0.25, 0.3) is 0 Å². The minimum Gasteiger partial charge on any atom is -0.506 e. The summed E-state index contributed by atoms with van der Waals surface area (Å²) >= 11 is 5.40. The van der Waals surface area contributed by atoms with E-state index >= 15 is 0 Å². The van der Waals surface area contributed by atoms with E-state index < -0.39 is 5.97 Å². The van der Waals surface area contributed by atoms with E-state index in [0.29, 0.717) is 0 Å². The smallest absolute Gasteiger partial charge is 0.335 e. The van der Waals surface area contributed by atoms with Gasteiger partial charge in [-0.1, -0.05) is 0 Å². The van der Waals surface area contributed by atoms with E-state index in [0.717, 1.165) is 0 Å². The van der Waals surface area contributed by atoms with Gasteiger partial charge in [-0.2, -0.15) is 0 Å². The highest BCUT2D eigenvalue weighted by molar-refractivity contribution is 6.28. The third-order valence-corrected chi connectivity index (χ3v) is 1.90. The number of aliphatic imine (C=N–C) groups is 1. The number of benzene rings is 1. The number of hydrogen-bond acceptors (Lipinski definition) is 3. The fraction of sp³-hybridized carbons (Fsp3) is 0.111. The van der Waals surface area contributed by atoms with Crippen LogP contribution >= 0.6 is 11.6 Å². The molecule has 0 amide bonds. The summed E-state index contributed by atoms with van der Waals surface area (Å²) in [6.07, 6.45) is 0. The monoisotopic (exact) mass is 228 g/mol. The quantitative estimate of drug-likeness (QED) is 0.413. The second kappa shape index (κ2) is 4.65.